The number of carbonyl (C=O) groups excluding carboxylic acids is 2. The summed E-state index contributed by atoms with van der Waals surface area (Å²) in [5, 5.41) is 3.27. The van der Waals surface area contributed by atoms with Crippen LogP contribution in [0.3, 0.4) is 0 Å². The summed E-state index contributed by atoms with van der Waals surface area (Å²) in [6.45, 7) is 5.10. The molecule has 0 aliphatic carbocycles. The van der Waals surface area contributed by atoms with Crippen molar-refractivity contribution in [2.75, 3.05) is 32.5 Å². The van der Waals surface area contributed by atoms with Crippen molar-refractivity contribution in [1.82, 2.24) is 4.90 Å². The topological polar surface area (TPSA) is 53.9 Å². The van der Waals surface area contributed by atoms with Gasteiger partial charge in [-0.15, -0.1) is 0 Å². The maximum absolute atomic E-state index is 12.5. The zero-order valence-electron chi connectivity index (χ0n) is 16.3. The van der Waals surface area contributed by atoms with Crippen LogP contribution in [-0.2, 0) is 16.1 Å². The Bertz CT molecular complexity index is 823. The number of benzene rings is 2. The van der Waals surface area contributed by atoms with Crippen LogP contribution in [0, 0.1) is 13.8 Å². The van der Waals surface area contributed by atoms with Crippen LogP contribution in [0.1, 0.15) is 16.7 Å². The van der Waals surface area contributed by atoms with Gasteiger partial charge in [-0.25, -0.2) is 0 Å². The number of hydrogen-bond acceptors (Lipinski definition) is 2. The summed E-state index contributed by atoms with van der Waals surface area (Å²) < 4.78 is 0. The Morgan fingerprint density at radius 2 is 1.81 bits per heavy atom. The fourth-order valence-electron chi connectivity index (χ4n) is 2.85. The van der Waals surface area contributed by atoms with Gasteiger partial charge in [0.25, 0.3) is 11.8 Å². The van der Waals surface area contributed by atoms with E-state index in [-0.39, 0.29) is 24.9 Å². The van der Waals surface area contributed by atoms with E-state index >= 15 is 0 Å². The third-order valence-electron chi connectivity index (χ3n) is 4.39. The minimum Gasteiger partial charge on any atom is -0.337 e. The molecule has 2 rings (SSSR count). The molecule has 0 bridgehead atoms. The number of amides is 2. The van der Waals surface area contributed by atoms with Crippen molar-refractivity contribution in [3.63, 3.8) is 0 Å². The Hall–Kier alpha value is -2.37. The molecule has 27 heavy (non-hydrogen) atoms. The van der Waals surface area contributed by atoms with Crippen molar-refractivity contribution in [2.45, 2.75) is 20.4 Å². The predicted molar refractivity (Wildman–Crippen MR) is 109 cm³/mol. The molecule has 2 aromatic carbocycles. The van der Waals surface area contributed by atoms with E-state index in [9.17, 15) is 9.59 Å². The monoisotopic (exact) mass is 388 g/mol. The molecule has 0 aromatic heterocycles. The molecule has 0 heterocycles. The van der Waals surface area contributed by atoms with E-state index in [1.165, 1.54) is 11.1 Å². The molecule has 1 unspecified atom stereocenters. The zero-order chi connectivity index (χ0) is 20.0. The number of likely N-dealkylation sites (N-methyl/N-ethyl adjacent to an activating group) is 2. The van der Waals surface area contributed by atoms with Gasteiger partial charge in [0, 0.05) is 13.6 Å². The van der Waals surface area contributed by atoms with Gasteiger partial charge >= 0.3 is 0 Å². The first-order chi connectivity index (χ1) is 12.8. The molecule has 5 nitrogen and oxygen atoms in total. The predicted octanol–water partition coefficient (Wildman–Crippen LogP) is 2.07. The number of nitrogens with one attached hydrogen (secondary N) is 2. The van der Waals surface area contributed by atoms with Crippen LogP contribution in [0.25, 0.3) is 0 Å². The second kappa shape index (κ2) is 9.53. The van der Waals surface area contributed by atoms with Gasteiger partial charge in [0.15, 0.2) is 13.1 Å². The number of nitrogens with zero attached hydrogens (tertiary/aromatic N) is 1. The van der Waals surface area contributed by atoms with Crippen LogP contribution >= 0.6 is 11.6 Å². The molecule has 0 aliphatic rings. The quantitative estimate of drug-likeness (QED) is 0.763. The molecule has 1 atom stereocenters. The summed E-state index contributed by atoms with van der Waals surface area (Å²) in [6.07, 6.45) is 0. The number of rotatable bonds is 7. The molecule has 0 saturated carbocycles. The number of para-hydroxylation sites is 1. The summed E-state index contributed by atoms with van der Waals surface area (Å²) in [6, 6.07) is 13.3. The lowest BCUT2D eigenvalue weighted by Gasteiger charge is -2.21. The molecule has 0 aliphatic heterocycles. The van der Waals surface area contributed by atoms with Gasteiger partial charge in [-0.05, 0) is 37.1 Å². The Morgan fingerprint density at radius 3 is 2.48 bits per heavy atom. The van der Waals surface area contributed by atoms with Gasteiger partial charge in [-0.1, -0.05) is 47.5 Å². The largest absolute Gasteiger partial charge is 0.337 e. The second-order valence-corrected chi connectivity index (χ2v) is 7.43. The normalized spacial score (nSPS) is 11.7. The zero-order valence-corrected chi connectivity index (χ0v) is 17.1. The van der Waals surface area contributed by atoms with Crippen molar-refractivity contribution in [3.8, 4) is 0 Å². The highest BCUT2D eigenvalue weighted by Gasteiger charge is 2.18. The SMILES string of the molecule is Cc1ccc(CN(C)C(=O)C[NH+](C)CC(=O)Nc2ccccc2Cl)c(C)c1. The lowest BCUT2D eigenvalue weighted by molar-refractivity contribution is -0.862. The van der Waals surface area contributed by atoms with E-state index in [2.05, 4.69) is 37.4 Å². The first kappa shape index (κ1) is 20.9. The number of hydrogen-bond donors (Lipinski definition) is 2. The lowest BCUT2D eigenvalue weighted by atomic mass is 10.1. The summed E-state index contributed by atoms with van der Waals surface area (Å²) in [7, 11) is 3.62. The highest BCUT2D eigenvalue weighted by atomic mass is 35.5. The minimum atomic E-state index is -0.176. The molecule has 0 spiro atoms. The summed E-state index contributed by atoms with van der Waals surface area (Å²) in [4.78, 5) is 27.2. The lowest BCUT2D eigenvalue weighted by Crippen LogP contribution is -3.11. The summed E-state index contributed by atoms with van der Waals surface area (Å²) in [5.74, 6) is -0.177. The smallest absolute Gasteiger partial charge is 0.279 e. The molecule has 2 aromatic rings. The van der Waals surface area contributed by atoms with Crippen molar-refractivity contribution >= 4 is 29.1 Å². The average Bonchev–Trinajstić information content (AvgIpc) is 2.59. The Labute approximate surface area is 165 Å². The van der Waals surface area contributed by atoms with E-state index < -0.39 is 0 Å². The second-order valence-electron chi connectivity index (χ2n) is 7.02. The van der Waals surface area contributed by atoms with Crippen LogP contribution in [-0.4, -0.2) is 43.9 Å². The van der Waals surface area contributed by atoms with Crippen molar-refractivity contribution < 1.29 is 14.5 Å². The maximum atomic E-state index is 12.5. The maximum Gasteiger partial charge on any atom is 0.279 e. The van der Waals surface area contributed by atoms with E-state index in [0.717, 1.165) is 10.5 Å². The van der Waals surface area contributed by atoms with Gasteiger partial charge in [0.2, 0.25) is 0 Å². The van der Waals surface area contributed by atoms with E-state index in [0.29, 0.717) is 17.3 Å². The number of halogens is 1. The standard InChI is InChI=1S/C21H26ClN3O2/c1-15-9-10-17(16(2)11-15)12-25(4)21(27)14-24(3)13-20(26)23-19-8-6-5-7-18(19)22/h5-11H,12-14H2,1-4H3,(H,23,26)/p+1. The number of carbonyl (C=O) groups is 2. The third kappa shape index (κ3) is 6.38. The van der Waals surface area contributed by atoms with Crippen molar-refractivity contribution in [3.05, 3.63) is 64.2 Å². The first-order valence-corrected chi connectivity index (χ1v) is 9.30. The van der Waals surface area contributed by atoms with Crippen LogP contribution in [0.2, 0.25) is 5.02 Å². The van der Waals surface area contributed by atoms with Gasteiger partial charge in [-0.2, -0.15) is 0 Å². The number of anilines is 1. The Kier molecular flexibility index (Phi) is 7.39. The molecule has 2 amide bonds. The average molecular weight is 389 g/mol. The minimum absolute atomic E-state index is 0.00183. The fraction of sp³-hybridized carbons (Fsp3) is 0.333. The van der Waals surface area contributed by atoms with E-state index in [4.69, 9.17) is 11.6 Å². The van der Waals surface area contributed by atoms with Crippen molar-refractivity contribution in [2.24, 2.45) is 0 Å². The van der Waals surface area contributed by atoms with Crippen LogP contribution in [0.15, 0.2) is 42.5 Å². The van der Waals surface area contributed by atoms with E-state index in [1.54, 1.807) is 30.1 Å². The number of aryl methyl sites for hydroxylation is 2. The summed E-state index contributed by atoms with van der Waals surface area (Å²) >= 11 is 6.05. The van der Waals surface area contributed by atoms with Gasteiger partial charge in [0.1, 0.15) is 0 Å². The molecule has 0 fully saturated rings. The van der Waals surface area contributed by atoms with E-state index in [1.807, 2.05) is 13.1 Å². The highest BCUT2D eigenvalue weighted by Crippen LogP contribution is 2.19. The molecule has 0 saturated heterocycles. The molecule has 2 N–H and O–H groups in total. The summed E-state index contributed by atoms with van der Waals surface area (Å²) in [5.41, 5.74) is 4.09. The molecular formula is C21H27ClN3O2+. The Balaban J connectivity index is 1.85. The molecule has 0 radical (unpaired) electrons. The number of quaternary nitrogens is 1. The Morgan fingerprint density at radius 1 is 1.11 bits per heavy atom. The first-order valence-electron chi connectivity index (χ1n) is 8.92. The molecule has 6 heteroatoms. The molecular weight excluding hydrogens is 362 g/mol. The van der Waals surface area contributed by atoms with Gasteiger partial charge in [-0.3, -0.25) is 9.59 Å². The van der Waals surface area contributed by atoms with Crippen LogP contribution < -0.4 is 10.2 Å². The van der Waals surface area contributed by atoms with Crippen LogP contribution in [0.5, 0.6) is 0 Å². The van der Waals surface area contributed by atoms with Crippen molar-refractivity contribution in [1.29, 1.82) is 0 Å². The third-order valence-corrected chi connectivity index (χ3v) is 4.72. The van der Waals surface area contributed by atoms with Gasteiger partial charge < -0.3 is 15.1 Å². The molecule has 144 valence electrons. The van der Waals surface area contributed by atoms with Crippen LogP contribution in [0.4, 0.5) is 5.69 Å². The van der Waals surface area contributed by atoms with Gasteiger partial charge in [0.05, 0.1) is 17.8 Å². The fourth-order valence-corrected chi connectivity index (χ4v) is 3.04. The highest BCUT2D eigenvalue weighted by molar-refractivity contribution is 6.33.